The summed E-state index contributed by atoms with van der Waals surface area (Å²) in [5.74, 6) is 0.525. The molecule has 1 saturated heterocycles. The molecule has 0 saturated carbocycles. The van der Waals surface area contributed by atoms with Gasteiger partial charge in [0, 0.05) is 23.5 Å². The maximum atomic E-state index is 9.65. The number of benzene rings is 2. The number of nitrogens with zero attached hydrogens (tertiary/aromatic N) is 2. The van der Waals surface area contributed by atoms with E-state index >= 15 is 0 Å². The minimum Gasteiger partial charge on any atom is -0.393 e. The molecule has 24 heavy (non-hydrogen) atoms. The molecule has 0 amide bonds. The van der Waals surface area contributed by atoms with Crippen LogP contribution in [0.1, 0.15) is 12.8 Å². The fraction of sp³-hybridized carbons (Fsp3) is 0.316. The van der Waals surface area contributed by atoms with Crippen LogP contribution in [0.25, 0.3) is 11.1 Å². The van der Waals surface area contributed by atoms with Crippen LogP contribution in [0, 0.1) is 0 Å². The van der Waals surface area contributed by atoms with Gasteiger partial charge in [-0.1, -0.05) is 36.4 Å². The van der Waals surface area contributed by atoms with Crippen LogP contribution >= 0.6 is 11.8 Å². The number of hydrogen-bond donors (Lipinski definition) is 2. The maximum Gasteiger partial charge on any atom is 0.196 e. The Labute approximate surface area is 147 Å². The SMILES string of the molecule is CSc1ccc(-c2ccccc2)c(N=C(N)N2CCC(O)CC2)c1. The first-order chi connectivity index (χ1) is 11.7. The maximum absolute atomic E-state index is 9.65. The van der Waals surface area contributed by atoms with Crippen molar-refractivity contribution in [3.05, 3.63) is 48.5 Å². The zero-order valence-electron chi connectivity index (χ0n) is 13.9. The quantitative estimate of drug-likeness (QED) is 0.510. The van der Waals surface area contributed by atoms with Crippen LogP contribution in [-0.2, 0) is 0 Å². The van der Waals surface area contributed by atoms with Crippen LogP contribution in [0.15, 0.2) is 58.4 Å². The molecule has 2 aromatic rings. The lowest BCUT2D eigenvalue weighted by atomic mass is 10.0. The van der Waals surface area contributed by atoms with E-state index in [1.807, 2.05) is 23.1 Å². The summed E-state index contributed by atoms with van der Waals surface area (Å²) in [5, 5.41) is 9.65. The van der Waals surface area contributed by atoms with Gasteiger partial charge in [-0.15, -0.1) is 11.8 Å². The number of piperidine rings is 1. The van der Waals surface area contributed by atoms with Gasteiger partial charge in [-0.3, -0.25) is 0 Å². The molecule has 0 unspecified atom stereocenters. The Hall–Kier alpha value is -1.98. The first kappa shape index (κ1) is 16.9. The van der Waals surface area contributed by atoms with Gasteiger partial charge in [-0.2, -0.15) is 0 Å². The van der Waals surface area contributed by atoms with Gasteiger partial charge in [-0.05, 0) is 36.8 Å². The summed E-state index contributed by atoms with van der Waals surface area (Å²) in [7, 11) is 0. The average Bonchev–Trinajstić information content (AvgIpc) is 2.63. The molecular formula is C19H23N3OS. The van der Waals surface area contributed by atoms with Gasteiger partial charge in [0.2, 0.25) is 0 Å². The number of aliphatic hydroxyl groups excluding tert-OH is 1. The van der Waals surface area contributed by atoms with Crippen LogP contribution in [0.2, 0.25) is 0 Å². The second kappa shape index (κ2) is 7.73. The second-order valence-electron chi connectivity index (χ2n) is 5.94. The van der Waals surface area contributed by atoms with Crippen LogP contribution < -0.4 is 5.73 Å². The average molecular weight is 341 g/mol. The largest absolute Gasteiger partial charge is 0.393 e. The van der Waals surface area contributed by atoms with Gasteiger partial charge in [0.1, 0.15) is 0 Å². The van der Waals surface area contributed by atoms with Gasteiger partial charge in [-0.25, -0.2) is 4.99 Å². The molecule has 3 N–H and O–H groups in total. The Bertz CT molecular complexity index is 710. The third-order valence-electron chi connectivity index (χ3n) is 4.31. The summed E-state index contributed by atoms with van der Waals surface area (Å²) in [6, 6.07) is 16.5. The van der Waals surface area contributed by atoms with E-state index in [0.29, 0.717) is 5.96 Å². The smallest absolute Gasteiger partial charge is 0.196 e. The highest BCUT2D eigenvalue weighted by atomic mass is 32.2. The molecule has 3 rings (SSSR count). The number of likely N-dealkylation sites (tertiary alicyclic amines) is 1. The van der Waals surface area contributed by atoms with E-state index < -0.39 is 0 Å². The first-order valence-corrected chi connectivity index (χ1v) is 9.40. The standard InChI is InChI=1S/C19H23N3OS/c1-24-16-7-8-17(14-5-3-2-4-6-14)18(13-16)21-19(20)22-11-9-15(23)10-12-22/h2-8,13,15,23H,9-12H2,1H3,(H2,20,21). The summed E-state index contributed by atoms with van der Waals surface area (Å²) in [6.07, 6.45) is 3.33. The topological polar surface area (TPSA) is 61.8 Å². The van der Waals surface area contributed by atoms with E-state index in [9.17, 15) is 5.11 Å². The minimum absolute atomic E-state index is 0.214. The van der Waals surface area contributed by atoms with E-state index in [1.54, 1.807) is 11.8 Å². The van der Waals surface area contributed by atoms with Crippen molar-refractivity contribution in [1.82, 2.24) is 4.90 Å². The third-order valence-corrected chi connectivity index (χ3v) is 5.04. The molecule has 126 valence electrons. The highest BCUT2D eigenvalue weighted by Crippen LogP contribution is 2.33. The predicted molar refractivity (Wildman–Crippen MR) is 102 cm³/mol. The van der Waals surface area contributed by atoms with Crippen LogP contribution in [0.4, 0.5) is 5.69 Å². The van der Waals surface area contributed by atoms with Crippen molar-refractivity contribution in [2.24, 2.45) is 10.7 Å². The number of hydrogen-bond acceptors (Lipinski definition) is 3. The monoisotopic (exact) mass is 341 g/mol. The highest BCUT2D eigenvalue weighted by Gasteiger charge is 2.18. The Balaban J connectivity index is 1.94. The number of aliphatic imine (C=N–C) groups is 1. The van der Waals surface area contributed by atoms with Crippen LogP contribution in [0.5, 0.6) is 0 Å². The molecule has 0 atom stereocenters. The number of nitrogens with two attached hydrogens (primary N) is 1. The van der Waals surface area contributed by atoms with Gasteiger partial charge in [0.05, 0.1) is 11.8 Å². The number of aliphatic hydroxyl groups is 1. The van der Waals surface area contributed by atoms with Crippen molar-refractivity contribution < 1.29 is 5.11 Å². The van der Waals surface area contributed by atoms with Crippen molar-refractivity contribution in [2.75, 3.05) is 19.3 Å². The lowest BCUT2D eigenvalue weighted by Crippen LogP contribution is -2.43. The molecule has 4 nitrogen and oxygen atoms in total. The molecule has 5 heteroatoms. The lowest BCUT2D eigenvalue weighted by Gasteiger charge is -2.30. The fourth-order valence-corrected chi connectivity index (χ4v) is 3.32. The van der Waals surface area contributed by atoms with Crippen LogP contribution in [-0.4, -0.2) is 41.4 Å². The Morgan fingerprint density at radius 1 is 1.17 bits per heavy atom. The third kappa shape index (κ3) is 3.91. The van der Waals surface area contributed by atoms with Gasteiger partial charge in [0.15, 0.2) is 5.96 Å². The van der Waals surface area contributed by atoms with E-state index in [0.717, 1.165) is 47.6 Å². The van der Waals surface area contributed by atoms with Gasteiger partial charge in [0.25, 0.3) is 0 Å². The zero-order chi connectivity index (χ0) is 16.9. The molecule has 0 radical (unpaired) electrons. The lowest BCUT2D eigenvalue weighted by molar-refractivity contribution is 0.109. The predicted octanol–water partition coefficient (Wildman–Crippen LogP) is 3.48. The molecule has 0 spiro atoms. The Morgan fingerprint density at radius 2 is 1.88 bits per heavy atom. The fourth-order valence-electron chi connectivity index (χ4n) is 2.88. The van der Waals surface area contributed by atoms with Crippen molar-refractivity contribution >= 4 is 23.4 Å². The number of thioether (sulfide) groups is 1. The van der Waals surface area contributed by atoms with Crippen molar-refractivity contribution in [3.8, 4) is 11.1 Å². The van der Waals surface area contributed by atoms with E-state index in [4.69, 9.17) is 10.7 Å². The summed E-state index contributed by atoms with van der Waals surface area (Å²) in [4.78, 5) is 7.93. The number of guanidine groups is 1. The highest BCUT2D eigenvalue weighted by molar-refractivity contribution is 7.98. The summed E-state index contributed by atoms with van der Waals surface area (Å²) in [5.41, 5.74) is 9.35. The van der Waals surface area contributed by atoms with E-state index in [1.165, 1.54) is 0 Å². The van der Waals surface area contributed by atoms with E-state index in [2.05, 4.69) is 36.6 Å². The van der Waals surface area contributed by atoms with Gasteiger partial charge < -0.3 is 15.7 Å². The van der Waals surface area contributed by atoms with Crippen molar-refractivity contribution in [1.29, 1.82) is 0 Å². The minimum atomic E-state index is -0.214. The zero-order valence-corrected chi connectivity index (χ0v) is 14.7. The molecule has 0 aliphatic carbocycles. The second-order valence-corrected chi connectivity index (χ2v) is 6.82. The molecule has 1 heterocycles. The Kier molecular flexibility index (Phi) is 5.43. The van der Waals surface area contributed by atoms with E-state index in [-0.39, 0.29) is 6.10 Å². The Morgan fingerprint density at radius 3 is 2.54 bits per heavy atom. The number of rotatable bonds is 3. The summed E-state index contributed by atoms with van der Waals surface area (Å²) >= 11 is 1.69. The molecule has 1 aliphatic heterocycles. The molecule has 0 aromatic heterocycles. The molecular weight excluding hydrogens is 318 g/mol. The molecule has 1 aliphatic rings. The van der Waals surface area contributed by atoms with Crippen molar-refractivity contribution in [2.45, 2.75) is 23.8 Å². The summed E-state index contributed by atoms with van der Waals surface area (Å²) < 4.78 is 0. The first-order valence-electron chi connectivity index (χ1n) is 8.18. The van der Waals surface area contributed by atoms with Crippen molar-refractivity contribution in [3.63, 3.8) is 0 Å². The molecule has 1 fully saturated rings. The summed E-state index contributed by atoms with van der Waals surface area (Å²) in [6.45, 7) is 1.50. The molecule has 2 aromatic carbocycles. The van der Waals surface area contributed by atoms with Crippen LogP contribution in [0.3, 0.4) is 0 Å². The van der Waals surface area contributed by atoms with Gasteiger partial charge >= 0.3 is 0 Å². The molecule has 0 bridgehead atoms. The normalized spacial score (nSPS) is 16.4.